The summed E-state index contributed by atoms with van der Waals surface area (Å²) < 4.78 is 1.23. The molecule has 1 amide bonds. The number of aromatic nitrogens is 3. The van der Waals surface area contributed by atoms with Gasteiger partial charge in [0.1, 0.15) is 5.52 Å². The molecule has 0 bridgehead atoms. The molecule has 130 valence electrons. The molecule has 0 fully saturated rings. The fourth-order valence-electron chi connectivity index (χ4n) is 2.86. The molecule has 1 aromatic carbocycles. The van der Waals surface area contributed by atoms with Crippen LogP contribution in [0, 0.1) is 5.92 Å². The third-order valence-electron chi connectivity index (χ3n) is 3.93. The number of hydrogen-bond donors (Lipinski definition) is 2. The van der Waals surface area contributed by atoms with E-state index in [-0.39, 0.29) is 24.4 Å². The molecule has 0 aliphatic carbocycles. The van der Waals surface area contributed by atoms with Gasteiger partial charge in [-0.2, -0.15) is 0 Å². The average Bonchev–Trinajstić information content (AvgIpc) is 2.53. The van der Waals surface area contributed by atoms with Crippen molar-refractivity contribution in [3.8, 4) is 0 Å². The Labute approximate surface area is 141 Å². The number of carbonyl (C=O) groups excluding carboxylic acids is 1. The van der Waals surface area contributed by atoms with Gasteiger partial charge >= 0.3 is 0 Å². The Balaban J connectivity index is 2.04. The monoisotopic (exact) mass is 331 g/mol. The van der Waals surface area contributed by atoms with Crippen LogP contribution in [0.3, 0.4) is 0 Å². The van der Waals surface area contributed by atoms with Gasteiger partial charge in [0.2, 0.25) is 5.91 Å². The highest BCUT2D eigenvalue weighted by molar-refractivity contribution is 5.77. The van der Waals surface area contributed by atoms with Crippen LogP contribution in [0.25, 0.3) is 10.9 Å². The van der Waals surface area contributed by atoms with E-state index in [9.17, 15) is 9.59 Å². The van der Waals surface area contributed by atoms with Crippen LogP contribution in [-0.4, -0.2) is 33.0 Å². The predicted octanol–water partition coefficient (Wildman–Crippen LogP) is 1.06. The lowest BCUT2D eigenvalue weighted by Crippen LogP contribution is -2.52. The first kappa shape index (κ1) is 18.1. The fourth-order valence-corrected chi connectivity index (χ4v) is 2.86. The highest BCUT2D eigenvalue weighted by Crippen LogP contribution is 2.15. The lowest BCUT2D eigenvalue weighted by Gasteiger charge is -2.31. The summed E-state index contributed by atoms with van der Waals surface area (Å²) in [7, 11) is 0. The minimum atomic E-state index is -0.439. The van der Waals surface area contributed by atoms with Crippen molar-refractivity contribution >= 4 is 16.8 Å². The Hall–Kier alpha value is -2.28. The number of aryl methyl sites for hydroxylation is 1. The topological polar surface area (TPSA) is 103 Å². The number of carbonyl (C=O) groups is 1. The Morgan fingerprint density at radius 1 is 1.38 bits per heavy atom. The molecule has 24 heavy (non-hydrogen) atoms. The highest BCUT2D eigenvalue weighted by Gasteiger charge is 2.25. The average molecular weight is 331 g/mol. The summed E-state index contributed by atoms with van der Waals surface area (Å²) in [5.74, 6) is 0.276. The lowest BCUT2D eigenvalue weighted by atomic mass is 9.90. The van der Waals surface area contributed by atoms with Gasteiger partial charge in [-0.15, -0.1) is 5.10 Å². The minimum absolute atomic E-state index is 0.148. The van der Waals surface area contributed by atoms with Crippen LogP contribution in [0.5, 0.6) is 0 Å². The molecule has 0 aliphatic rings. The van der Waals surface area contributed by atoms with Gasteiger partial charge < -0.3 is 11.1 Å². The normalized spacial score (nSPS) is 13.9. The lowest BCUT2D eigenvalue weighted by molar-refractivity contribution is -0.123. The third-order valence-corrected chi connectivity index (χ3v) is 3.93. The molecule has 0 spiro atoms. The van der Waals surface area contributed by atoms with Gasteiger partial charge in [-0.3, -0.25) is 9.59 Å². The van der Waals surface area contributed by atoms with Crippen LogP contribution < -0.4 is 16.6 Å². The Bertz CT molecular complexity index is 771. The maximum absolute atomic E-state index is 12.3. The molecule has 1 heterocycles. The van der Waals surface area contributed by atoms with Crippen LogP contribution in [0.1, 0.15) is 33.6 Å². The molecule has 0 aliphatic heterocycles. The van der Waals surface area contributed by atoms with Crippen LogP contribution in [0.2, 0.25) is 0 Å². The molecule has 1 atom stereocenters. The number of nitrogens with two attached hydrogens (primary N) is 1. The molecule has 1 aromatic heterocycles. The standard InChI is InChI=1S/C17H25N5O2/c1-12(2)10-17(3,11-18)19-15(23)8-9-22-16(24)13-6-4-5-7-14(13)20-21-22/h4-7,12H,8-11,18H2,1-3H3,(H,19,23). The Morgan fingerprint density at radius 2 is 2.08 bits per heavy atom. The predicted molar refractivity (Wildman–Crippen MR) is 93.5 cm³/mol. The van der Waals surface area contributed by atoms with Crippen molar-refractivity contribution in [1.29, 1.82) is 0 Å². The number of rotatable bonds is 7. The maximum Gasteiger partial charge on any atom is 0.277 e. The second-order valence-electron chi connectivity index (χ2n) is 6.80. The van der Waals surface area contributed by atoms with E-state index in [1.165, 1.54) is 4.68 Å². The van der Waals surface area contributed by atoms with E-state index in [2.05, 4.69) is 29.5 Å². The Morgan fingerprint density at radius 3 is 2.75 bits per heavy atom. The van der Waals surface area contributed by atoms with Gasteiger partial charge in [0.05, 0.1) is 11.9 Å². The molecular formula is C17H25N5O2. The largest absolute Gasteiger partial charge is 0.350 e. The van der Waals surface area contributed by atoms with E-state index in [1.54, 1.807) is 24.3 Å². The van der Waals surface area contributed by atoms with Crippen LogP contribution in [0.4, 0.5) is 0 Å². The van der Waals surface area contributed by atoms with Crippen molar-refractivity contribution in [2.45, 2.75) is 45.7 Å². The summed E-state index contributed by atoms with van der Waals surface area (Å²) in [4.78, 5) is 24.6. The Kier molecular flexibility index (Phi) is 5.66. The van der Waals surface area contributed by atoms with E-state index >= 15 is 0 Å². The summed E-state index contributed by atoms with van der Waals surface area (Å²) in [5.41, 5.74) is 5.68. The number of nitrogens with one attached hydrogen (secondary N) is 1. The first-order valence-electron chi connectivity index (χ1n) is 8.18. The van der Waals surface area contributed by atoms with E-state index in [0.717, 1.165) is 6.42 Å². The molecule has 2 rings (SSSR count). The third kappa shape index (κ3) is 4.38. The number of nitrogens with zero attached hydrogens (tertiary/aromatic N) is 3. The second-order valence-corrected chi connectivity index (χ2v) is 6.80. The molecule has 0 saturated carbocycles. The van der Waals surface area contributed by atoms with E-state index in [4.69, 9.17) is 5.73 Å². The summed E-state index contributed by atoms with van der Waals surface area (Å²) in [6.45, 7) is 6.67. The first-order valence-corrected chi connectivity index (χ1v) is 8.18. The first-order chi connectivity index (χ1) is 11.3. The fraction of sp³-hybridized carbons (Fsp3) is 0.529. The number of amides is 1. The summed E-state index contributed by atoms with van der Waals surface area (Å²) in [5, 5.41) is 11.4. The molecule has 0 radical (unpaired) electrons. The van der Waals surface area contributed by atoms with Gasteiger partial charge in [-0.05, 0) is 31.4 Å². The van der Waals surface area contributed by atoms with Gasteiger partial charge in [-0.1, -0.05) is 31.2 Å². The van der Waals surface area contributed by atoms with Gasteiger partial charge in [0.15, 0.2) is 0 Å². The van der Waals surface area contributed by atoms with E-state index < -0.39 is 5.54 Å². The van der Waals surface area contributed by atoms with Crippen molar-refractivity contribution in [3.05, 3.63) is 34.6 Å². The van der Waals surface area contributed by atoms with Crippen LogP contribution in [-0.2, 0) is 11.3 Å². The summed E-state index contributed by atoms with van der Waals surface area (Å²) >= 11 is 0. The summed E-state index contributed by atoms with van der Waals surface area (Å²) in [6, 6.07) is 7.02. The smallest absolute Gasteiger partial charge is 0.277 e. The number of benzene rings is 1. The minimum Gasteiger partial charge on any atom is -0.350 e. The molecule has 0 saturated heterocycles. The van der Waals surface area contributed by atoms with Crippen LogP contribution >= 0.6 is 0 Å². The number of fused-ring (bicyclic) bond motifs is 1. The van der Waals surface area contributed by atoms with Crippen molar-refractivity contribution in [2.75, 3.05) is 6.54 Å². The number of hydrogen-bond acceptors (Lipinski definition) is 5. The molecule has 3 N–H and O–H groups in total. The van der Waals surface area contributed by atoms with Crippen LogP contribution in [0.15, 0.2) is 29.1 Å². The zero-order valence-corrected chi connectivity index (χ0v) is 14.5. The molecule has 7 heteroatoms. The summed E-state index contributed by atoms with van der Waals surface area (Å²) in [6.07, 6.45) is 0.950. The molecular weight excluding hydrogens is 306 g/mol. The SMILES string of the molecule is CC(C)CC(C)(CN)NC(=O)CCn1nnc2ccccc2c1=O. The van der Waals surface area contributed by atoms with Gasteiger partial charge in [-0.25, -0.2) is 4.68 Å². The molecule has 7 nitrogen and oxygen atoms in total. The quantitative estimate of drug-likeness (QED) is 0.790. The van der Waals surface area contributed by atoms with E-state index in [1.807, 2.05) is 6.92 Å². The zero-order chi connectivity index (χ0) is 17.7. The highest BCUT2D eigenvalue weighted by atomic mass is 16.2. The van der Waals surface area contributed by atoms with E-state index in [0.29, 0.717) is 23.4 Å². The molecule has 2 aromatic rings. The van der Waals surface area contributed by atoms with Crippen molar-refractivity contribution < 1.29 is 4.79 Å². The zero-order valence-electron chi connectivity index (χ0n) is 14.5. The van der Waals surface area contributed by atoms with Gasteiger partial charge in [0.25, 0.3) is 5.56 Å². The van der Waals surface area contributed by atoms with Crippen molar-refractivity contribution in [2.24, 2.45) is 11.7 Å². The maximum atomic E-state index is 12.3. The van der Waals surface area contributed by atoms with Crippen molar-refractivity contribution in [1.82, 2.24) is 20.3 Å². The second kappa shape index (κ2) is 7.53. The molecule has 1 unspecified atom stereocenters. The van der Waals surface area contributed by atoms with Crippen molar-refractivity contribution in [3.63, 3.8) is 0 Å². The van der Waals surface area contributed by atoms with Gasteiger partial charge in [0, 0.05) is 18.5 Å².